The van der Waals surface area contributed by atoms with Gasteiger partial charge in [-0.3, -0.25) is 9.78 Å². The van der Waals surface area contributed by atoms with Crippen molar-refractivity contribution < 1.29 is 10.3 Å². The number of aromatic nitrogens is 4. The molecule has 1 aliphatic rings. The van der Waals surface area contributed by atoms with Gasteiger partial charge in [0.25, 0.3) is 0 Å². The highest BCUT2D eigenvalue weighted by molar-refractivity contribution is 5.98. The summed E-state index contributed by atoms with van der Waals surface area (Å²) in [5.74, 6) is 0.845. The number of pyridine rings is 2. The van der Waals surface area contributed by atoms with Crippen LogP contribution in [0.2, 0.25) is 0 Å². The largest absolute Gasteiger partial charge is 0.357 e. The maximum absolute atomic E-state index is 13.1. The molecule has 4 heterocycles. The van der Waals surface area contributed by atoms with E-state index < -0.39 is 13.0 Å². The van der Waals surface area contributed by atoms with Crippen molar-refractivity contribution in [2.45, 2.75) is 26.2 Å². The van der Waals surface area contributed by atoms with Crippen molar-refractivity contribution in [3.8, 4) is 11.3 Å². The summed E-state index contributed by atoms with van der Waals surface area (Å²) in [5, 5.41) is 1.93. The van der Waals surface area contributed by atoms with Crippen LogP contribution in [0.15, 0.2) is 55.0 Å². The van der Waals surface area contributed by atoms with E-state index in [2.05, 4.69) is 21.0 Å². The van der Waals surface area contributed by atoms with Gasteiger partial charge >= 0.3 is 0 Å². The summed E-state index contributed by atoms with van der Waals surface area (Å²) in [6.45, 7) is -1.79. The molecule has 1 aliphatic heterocycles. The van der Waals surface area contributed by atoms with Crippen LogP contribution in [0.1, 0.15) is 40.2 Å². The van der Waals surface area contributed by atoms with Gasteiger partial charge in [-0.05, 0) is 49.4 Å². The molecule has 4 aromatic rings. The van der Waals surface area contributed by atoms with Gasteiger partial charge in [-0.25, -0.2) is 9.97 Å². The van der Waals surface area contributed by atoms with Crippen LogP contribution in [0.25, 0.3) is 22.0 Å². The smallest absolute Gasteiger partial charge is 0.169 e. The fourth-order valence-electron chi connectivity index (χ4n) is 3.75. The minimum Gasteiger partial charge on any atom is -0.357 e. The van der Waals surface area contributed by atoms with Gasteiger partial charge in [0.1, 0.15) is 11.6 Å². The number of imidazole rings is 1. The van der Waals surface area contributed by atoms with Gasteiger partial charge in [0.15, 0.2) is 5.78 Å². The minimum absolute atomic E-state index is 0.0568. The number of hydrogen-bond acceptors (Lipinski definition) is 5. The number of benzene rings is 1. The molecule has 5 rings (SSSR count). The van der Waals surface area contributed by atoms with Gasteiger partial charge in [0.2, 0.25) is 0 Å². The first-order valence-electron chi connectivity index (χ1n) is 12.2. The molecular weight excluding hydrogens is 386 g/mol. The molecular formula is C25H25N5O. The fraction of sp³-hybridized carbons (Fsp3) is 0.280. The number of carbonyl (C=O) groups is 1. The number of anilines is 1. The highest BCUT2D eigenvalue weighted by Gasteiger charge is 2.16. The molecule has 0 unspecified atom stereocenters. The molecule has 0 amide bonds. The van der Waals surface area contributed by atoms with E-state index in [-0.39, 0.29) is 30.9 Å². The lowest BCUT2D eigenvalue weighted by atomic mass is 10.0. The Balaban J connectivity index is 1.42. The molecule has 6 heteroatoms. The van der Waals surface area contributed by atoms with Crippen LogP contribution in [0.3, 0.4) is 0 Å². The van der Waals surface area contributed by atoms with Crippen molar-refractivity contribution in [3.05, 3.63) is 72.1 Å². The molecule has 1 saturated heterocycles. The molecule has 0 radical (unpaired) electrons. The van der Waals surface area contributed by atoms with Crippen molar-refractivity contribution in [2.75, 3.05) is 17.9 Å². The zero-order chi connectivity index (χ0) is 25.0. The average molecular weight is 416 g/mol. The van der Waals surface area contributed by atoms with Gasteiger partial charge < -0.3 is 9.47 Å². The molecule has 3 aromatic heterocycles. The number of nitrogens with zero attached hydrogens (tertiary/aromatic N) is 5. The molecule has 156 valence electrons. The Morgan fingerprint density at radius 1 is 1.03 bits per heavy atom. The summed E-state index contributed by atoms with van der Waals surface area (Å²) in [6.07, 6.45) is 5.19. The van der Waals surface area contributed by atoms with Gasteiger partial charge in [-0.15, -0.1) is 0 Å². The summed E-state index contributed by atoms with van der Waals surface area (Å²) < 4.78 is 34.7. The Morgan fingerprint density at radius 2 is 1.87 bits per heavy atom. The summed E-state index contributed by atoms with van der Waals surface area (Å²) in [4.78, 5) is 27.1. The number of ketones is 1. The summed E-state index contributed by atoms with van der Waals surface area (Å²) in [6, 6.07) is 11.0. The van der Waals surface area contributed by atoms with E-state index in [0.29, 0.717) is 11.3 Å². The van der Waals surface area contributed by atoms with Crippen molar-refractivity contribution in [1.82, 2.24) is 19.5 Å². The number of carbonyl (C=O) groups excluding carboxylic acids is 1. The molecule has 0 atom stereocenters. The standard InChI is InChI=1S/C25H25N5O/c1-17-27-16-23(29(17)2)18-5-6-20-15-28-22(12-21(20)11-18)14-24(31)19-7-8-26-25(13-19)30-9-3-4-10-30/h5-8,11-13,15-16H,3-4,9-10,14H2,1-2H3/i9D2,10D2. The van der Waals surface area contributed by atoms with E-state index >= 15 is 0 Å². The molecule has 31 heavy (non-hydrogen) atoms. The zero-order valence-corrected chi connectivity index (χ0v) is 17.5. The molecule has 0 aliphatic carbocycles. The van der Waals surface area contributed by atoms with E-state index in [0.717, 1.165) is 32.8 Å². The Morgan fingerprint density at radius 3 is 2.65 bits per heavy atom. The van der Waals surface area contributed by atoms with E-state index in [9.17, 15) is 4.79 Å². The second-order valence-corrected chi connectivity index (χ2v) is 7.64. The lowest BCUT2D eigenvalue weighted by Gasteiger charge is -2.16. The minimum atomic E-state index is -1.87. The Kier molecular flexibility index (Phi) is 3.92. The van der Waals surface area contributed by atoms with Crippen LogP contribution in [0, 0.1) is 6.92 Å². The van der Waals surface area contributed by atoms with Gasteiger partial charge in [-0.1, -0.05) is 12.1 Å². The summed E-state index contributed by atoms with van der Waals surface area (Å²) >= 11 is 0. The van der Waals surface area contributed by atoms with Gasteiger partial charge in [0.05, 0.1) is 18.3 Å². The Labute approximate surface area is 187 Å². The Bertz CT molecular complexity index is 1430. The van der Waals surface area contributed by atoms with Crippen LogP contribution >= 0.6 is 0 Å². The lowest BCUT2D eigenvalue weighted by Crippen LogP contribution is -2.19. The third-order valence-electron chi connectivity index (χ3n) is 5.60. The maximum atomic E-state index is 13.1. The molecule has 1 aromatic carbocycles. The number of aryl methyl sites for hydroxylation is 1. The van der Waals surface area contributed by atoms with Crippen molar-refractivity contribution >= 4 is 22.4 Å². The van der Waals surface area contributed by atoms with Crippen LogP contribution in [0.5, 0.6) is 0 Å². The molecule has 1 fully saturated rings. The monoisotopic (exact) mass is 415 g/mol. The second-order valence-electron chi connectivity index (χ2n) is 7.64. The normalized spacial score (nSPS) is 19.0. The van der Waals surface area contributed by atoms with E-state index in [1.807, 2.05) is 42.9 Å². The van der Waals surface area contributed by atoms with Crippen LogP contribution in [0.4, 0.5) is 5.82 Å². The maximum Gasteiger partial charge on any atom is 0.169 e. The van der Waals surface area contributed by atoms with Gasteiger partial charge in [-0.2, -0.15) is 0 Å². The Hall–Kier alpha value is -3.54. The number of fused-ring (bicyclic) bond motifs is 1. The third-order valence-corrected chi connectivity index (χ3v) is 5.60. The van der Waals surface area contributed by atoms with Crippen molar-refractivity contribution in [2.24, 2.45) is 7.05 Å². The predicted molar refractivity (Wildman–Crippen MR) is 122 cm³/mol. The second kappa shape index (κ2) is 7.95. The first-order valence-corrected chi connectivity index (χ1v) is 10.2. The first-order chi connectivity index (χ1) is 16.5. The molecule has 0 saturated carbocycles. The quantitative estimate of drug-likeness (QED) is 0.453. The molecule has 0 bridgehead atoms. The van der Waals surface area contributed by atoms with Crippen LogP contribution < -0.4 is 4.90 Å². The predicted octanol–water partition coefficient (Wildman–Crippen LogP) is 4.36. The number of hydrogen-bond donors (Lipinski definition) is 0. The lowest BCUT2D eigenvalue weighted by molar-refractivity contribution is 0.0992. The zero-order valence-electron chi connectivity index (χ0n) is 21.5. The molecule has 0 N–H and O–H groups in total. The summed E-state index contributed by atoms with van der Waals surface area (Å²) in [7, 11) is 1.97. The number of Topliss-reactive ketones (excluding diaryl/α,β-unsaturated/α-hetero) is 1. The van der Waals surface area contributed by atoms with Crippen LogP contribution in [-0.4, -0.2) is 38.3 Å². The van der Waals surface area contributed by atoms with Gasteiger partial charge in [0, 0.05) is 60.1 Å². The average Bonchev–Trinajstić information content (AvgIpc) is 3.26. The first kappa shape index (κ1) is 15.3. The van der Waals surface area contributed by atoms with Crippen molar-refractivity contribution in [1.29, 1.82) is 0 Å². The molecule has 6 nitrogen and oxygen atoms in total. The van der Waals surface area contributed by atoms with E-state index in [1.54, 1.807) is 12.3 Å². The fourth-order valence-corrected chi connectivity index (χ4v) is 3.75. The molecule has 0 spiro atoms. The third kappa shape index (κ3) is 3.81. The number of rotatable bonds is 5. The topological polar surface area (TPSA) is 63.9 Å². The van der Waals surface area contributed by atoms with E-state index in [4.69, 9.17) is 5.48 Å². The van der Waals surface area contributed by atoms with Crippen LogP contribution in [-0.2, 0) is 13.5 Å². The highest BCUT2D eigenvalue weighted by atomic mass is 16.1. The van der Waals surface area contributed by atoms with E-state index in [1.165, 1.54) is 12.3 Å². The van der Waals surface area contributed by atoms with Crippen molar-refractivity contribution in [3.63, 3.8) is 0 Å². The summed E-state index contributed by atoms with van der Waals surface area (Å²) in [5.41, 5.74) is 2.99. The SMILES string of the molecule is [2H]C1([2H])CCC([2H])([2H])N1c1cc(C(=O)Cc2cc3cc(-c4cnc(C)n4C)ccc3cn2)ccn1. The highest BCUT2D eigenvalue weighted by Crippen LogP contribution is 2.25.